The van der Waals surface area contributed by atoms with Crippen molar-refractivity contribution < 1.29 is 9.53 Å². The van der Waals surface area contributed by atoms with Crippen LogP contribution in [0.1, 0.15) is 64.7 Å². The third-order valence-electron chi connectivity index (χ3n) is 8.55. The standard InChI is InChI=1S/C40H41N3O2/c44-40(37-23-17-33(18-24-37)30-45-39-11-5-2-6-12-39)43(29-34-8-7-25-41-26-34)28-32-15-21-36(22-16-32)35-19-13-31(14-20-35)27-42-38-9-3-1-4-10-38/h2,5-8,11-26,38,42H,1,3-4,9-10,27-30H2. The van der Waals surface area contributed by atoms with E-state index in [2.05, 4.69) is 58.8 Å². The maximum Gasteiger partial charge on any atom is 0.254 e. The number of benzene rings is 4. The van der Waals surface area contributed by atoms with Gasteiger partial charge in [0.15, 0.2) is 0 Å². The van der Waals surface area contributed by atoms with E-state index in [1.165, 1.54) is 48.8 Å². The molecule has 5 aromatic rings. The van der Waals surface area contributed by atoms with E-state index in [9.17, 15) is 4.79 Å². The number of hydrogen-bond acceptors (Lipinski definition) is 4. The molecule has 0 saturated heterocycles. The van der Waals surface area contributed by atoms with E-state index in [-0.39, 0.29) is 5.91 Å². The van der Waals surface area contributed by atoms with Gasteiger partial charge in [-0.2, -0.15) is 0 Å². The van der Waals surface area contributed by atoms with Crippen LogP contribution < -0.4 is 10.1 Å². The molecular formula is C40H41N3O2. The summed E-state index contributed by atoms with van der Waals surface area (Å²) in [5, 5.41) is 3.73. The average Bonchev–Trinajstić information content (AvgIpc) is 3.11. The largest absolute Gasteiger partial charge is 0.489 e. The molecule has 1 saturated carbocycles. The van der Waals surface area contributed by atoms with E-state index < -0.39 is 0 Å². The van der Waals surface area contributed by atoms with E-state index in [1.54, 1.807) is 6.20 Å². The molecule has 5 heteroatoms. The van der Waals surface area contributed by atoms with Crippen LogP contribution in [0.2, 0.25) is 0 Å². The maximum atomic E-state index is 13.8. The first-order chi connectivity index (χ1) is 22.2. The number of rotatable bonds is 12. The van der Waals surface area contributed by atoms with E-state index >= 15 is 0 Å². The molecule has 0 aliphatic heterocycles. The minimum absolute atomic E-state index is 0.0177. The summed E-state index contributed by atoms with van der Waals surface area (Å²) >= 11 is 0. The van der Waals surface area contributed by atoms with Crippen molar-refractivity contribution in [3.63, 3.8) is 0 Å². The van der Waals surface area contributed by atoms with Gasteiger partial charge in [0.1, 0.15) is 12.4 Å². The Morgan fingerprint density at radius 2 is 1.33 bits per heavy atom. The molecule has 1 amide bonds. The van der Waals surface area contributed by atoms with Crippen molar-refractivity contribution in [2.24, 2.45) is 0 Å². The molecule has 1 N–H and O–H groups in total. The number of carbonyl (C=O) groups is 1. The van der Waals surface area contributed by atoms with E-state index in [4.69, 9.17) is 4.74 Å². The van der Waals surface area contributed by atoms with Crippen LogP contribution in [0.4, 0.5) is 0 Å². The highest BCUT2D eigenvalue weighted by atomic mass is 16.5. The molecule has 1 aliphatic carbocycles. The minimum Gasteiger partial charge on any atom is -0.489 e. The zero-order valence-electron chi connectivity index (χ0n) is 25.8. The molecule has 1 fully saturated rings. The molecule has 0 radical (unpaired) electrons. The van der Waals surface area contributed by atoms with Crippen molar-refractivity contribution in [3.05, 3.63) is 155 Å². The Labute approximate surface area is 266 Å². The van der Waals surface area contributed by atoms with Gasteiger partial charge >= 0.3 is 0 Å². The van der Waals surface area contributed by atoms with E-state index in [0.717, 1.165) is 29.0 Å². The topological polar surface area (TPSA) is 54.5 Å². The molecule has 5 nitrogen and oxygen atoms in total. The second-order valence-corrected chi connectivity index (χ2v) is 11.9. The highest BCUT2D eigenvalue weighted by Crippen LogP contribution is 2.23. The van der Waals surface area contributed by atoms with Crippen LogP contribution in [-0.2, 0) is 26.2 Å². The Morgan fingerprint density at radius 3 is 2.00 bits per heavy atom. The lowest BCUT2D eigenvalue weighted by Crippen LogP contribution is -2.30. The van der Waals surface area contributed by atoms with Crippen molar-refractivity contribution in [2.75, 3.05) is 0 Å². The van der Waals surface area contributed by atoms with Crippen molar-refractivity contribution in [1.82, 2.24) is 15.2 Å². The van der Waals surface area contributed by atoms with Crippen LogP contribution >= 0.6 is 0 Å². The Kier molecular flexibility index (Phi) is 10.3. The highest BCUT2D eigenvalue weighted by Gasteiger charge is 2.18. The number of para-hydroxylation sites is 1. The van der Waals surface area contributed by atoms with E-state index in [0.29, 0.717) is 31.3 Å². The Hall–Kier alpha value is -4.74. The van der Waals surface area contributed by atoms with Crippen molar-refractivity contribution >= 4 is 5.91 Å². The second-order valence-electron chi connectivity index (χ2n) is 11.9. The molecule has 4 aromatic carbocycles. The number of nitrogens with zero attached hydrogens (tertiary/aromatic N) is 2. The summed E-state index contributed by atoms with van der Waals surface area (Å²) in [4.78, 5) is 19.9. The summed E-state index contributed by atoms with van der Waals surface area (Å²) in [7, 11) is 0. The third-order valence-corrected chi connectivity index (χ3v) is 8.55. The molecule has 6 rings (SSSR count). The van der Waals surface area contributed by atoms with Gasteiger partial charge in [-0.1, -0.05) is 104 Å². The van der Waals surface area contributed by atoms with Gasteiger partial charge in [-0.3, -0.25) is 9.78 Å². The van der Waals surface area contributed by atoms with Gasteiger partial charge in [0.2, 0.25) is 0 Å². The smallest absolute Gasteiger partial charge is 0.254 e. The number of carbonyl (C=O) groups excluding carboxylic acids is 1. The van der Waals surface area contributed by atoms with Gasteiger partial charge < -0.3 is 15.0 Å². The Balaban J connectivity index is 1.10. The van der Waals surface area contributed by atoms with Crippen molar-refractivity contribution in [1.29, 1.82) is 0 Å². The Morgan fingerprint density at radius 1 is 0.689 bits per heavy atom. The number of nitrogens with one attached hydrogen (secondary N) is 1. The lowest BCUT2D eigenvalue weighted by Gasteiger charge is -2.23. The summed E-state index contributed by atoms with van der Waals surface area (Å²) in [6, 6.07) is 39.5. The average molecular weight is 596 g/mol. The highest BCUT2D eigenvalue weighted by molar-refractivity contribution is 5.94. The zero-order valence-corrected chi connectivity index (χ0v) is 25.8. The molecule has 45 heavy (non-hydrogen) atoms. The molecule has 1 aliphatic rings. The van der Waals surface area contributed by atoms with Crippen LogP contribution in [0.15, 0.2) is 128 Å². The lowest BCUT2D eigenvalue weighted by molar-refractivity contribution is 0.0730. The third kappa shape index (κ3) is 8.68. The monoisotopic (exact) mass is 595 g/mol. The van der Waals surface area contributed by atoms with Crippen LogP contribution in [-0.4, -0.2) is 21.8 Å². The summed E-state index contributed by atoms with van der Waals surface area (Å²) in [6.07, 6.45) is 10.2. The first-order valence-electron chi connectivity index (χ1n) is 16.1. The second kappa shape index (κ2) is 15.3. The molecule has 0 unspecified atom stereocenters. The molecular weight excluding hydrogens is 554 g/mol. The van der Waals surface area contributed by atoms with Crippen LogP contribution in [0, 0.1) is 0 Å². The fourth-order valence-electron chi connectivity index (χ4n) is 5.93. The molecule has 0 atom stereocenters. The van der Waals surface area contributed by atoms with Crippen LogP contribution in [0.3, 0.4) is 0 Å². The number of hydrogen-bond donors (Lipinski definition) is 1. The minimum atomic E-state index is -0.0177. The van der Waals surface area contributed by atoms with Gasteiger partial charge in [-0.15, -0.1) is 0 Å². The number of amides is 1. The van der Waals surface area contributed by atoms with Crippen LogP contribution in [0.25, 0.3) is 11.1 Å². The van der Waals surface area contributed by atoms with E-state index in [1.807, 2.05) is 77.8 Å². The molecule has 1 heterocycles. The first-order valence-corrected chi connectivity index (χ1v) is 16.1. The zero-order chi connectivity index (χ0) is 30.7. The number of aromatic nitrogens is 1. The van der Waals surface area contributed by atoms with Gasteiger partial charge in [0.05, 0.1) is 0 Å². The molecule has 228 valence electrons. The SMILES string of the molecule is O=C(c1ccc(COc2ccccc2)cc1)N(Cc1ccc(-c2ccc(CNC3CCCCC3)cc2)cc1)Cc1cccnc1. The van der Waals surface area contributed by atoms with Gasteiger partial charge in [-0.25, -0.2) is 0 Å². The lowest BCUT2D eigenvalue weighted by atomic mass is 9.95. The summed E-state index contributed by atoms with van der Waals surface area (Å²) in [5.41, 5.74) is 7.43. The fraction of sp³-hybridized carbons (Fsp3) is 0.250. The Bertz CT molecular complexity index is 1610. The van der Waals surface area contributed by atoms with Gasteiger partial charge in [0, 0.05) is 43.6 Å². The normalized spacial score (nSPS) is 13.3. The van der Waals surface area contributed by atoms with Crippen molar-refractivity contribution in [3.8, 4) is 16.9 Å². The molecule has 0 bridgehead atoms. The summed E-state index contributed by atoms with van der Waals surface area (Å²) < 4.78 is 5.87. The quantitative estimate of drug-likeness (QED) is 0.157. The summed E-state index contributed by atoms with van der Waals surface area (Å²) in [6.45, 7) is 2.35. The van der Waals surface area contributed by atoms with Gasteiger partial charge in [0.25, 0.3) is 5.91 Å². The predicted octanol–water partition coefficient (Wildman–Crippen LogP) is 8.59. The predicted molar refractivity (Wildman–Crippen MR) is 181 cm³/mol. The fourth-order valence-corrected chi connectivity index (χ4v) is 5.93. The number of ether oxygens (including phenoxy) is 1. The van der Waals surface area contributed by atoms with Crippen LogP contribution in [0.5, 0.6) is 5.75 Å². The van der Waals surface area contributed by atoms with Gasteiger partial charge in [-0.05, 0) is 76.6 Å². The summed E-state index contributed by atoms with van der Waals surface area (Å²) in [5.74, 6) is 0.807. The van der Waals surface area contributed by atoms with Crippen molar-refractivity contribution in [2.45, 2.75) is 64.4 Å². The maximum absolute atomic E-state index is 13.8. The first kappa shape index (κ1) is 30.3. The molecule has 0 spiro atoms. The molecule has 1 aromatic heterocycles. The number of pyridine rings is 1.